The van der Waals surface area contributed by atoms with E-state index in [1.807, 2.05) is 24.3 Å². The number of nitrogens with zero attached hydrogens (tertiary/aromatic N) is 6. The fourth-order valence-corrected chi connectivity index (χ4v) is 3.78. The molecule has 5 heterocycles. The largest absolute Gasteiger partial charge is 0.387 e. The van der Waals surface area contributed by atoms with Crippen LogP contribution in [0.2, 0.25) is 0 Å². The molecular formula is C22H22N8O4. The van der Waals surface area contributed by atoms with Gasteiger partial charge in [-0.05, 0) is 24.3 Å². The molecule has 5 rings (SSSR count). The van der Waals surface area contributed by atoms with Crippen LogP contribution in [-0.4, -0.2) is 71.0 Å². The van der Waals surface area contributed by atoms with Crippen molar-refractivity contribution in [3.63, 3.8) is 0 Å². The van der Waals surface area contributed by atoms with E-state index < -0.39 is 30.4 Å². The molecule has 4 N–H and O–H groups in total. The first kappa shape index (κ1) is 21.8. The molecule has 1 amide bonds. The first-order valence-corrected chi connectivity index (χ1v) is 10.6. The summed E-state index contributed by atoms with van der Waals surface area (Å²) in [5.41, 5.74) is 2.26. The maximum atomic E-state index is 12.1. The lowest BCUT2D eigenvalue weighted by atomic mass is 10.1. The van der Waals surface area contributed by atoms with Gasteiger partial charge in [0.25, 0.3) is 5.91 Å². The number of anilines is 1. The van der Waals surface area contributed by atoms with Crippen molar-refractivity contribution in [2.75, 3.05) is 12.4 Å². The predicted octanol–water partition coefficient (Wildman–Crippen LogP) is 0.261. The van der Waals surface area contributed by atoms with Crippen LogP contribution in [0.25, 0.3) is 22.6 Å². The second-order valence-electron chi connectivity index (χ2n) is 7.68. The van der Waals surface area contributed by atoms with E-state index in [1.165, 1.54) is 17.9 Å². The molecule has 0 aliphatic carbocycles. The Morgan fingerprint density at radius 3 is 2.74 bits per heavy atom. The van der Waals surface area contributed by atoms with Crippen LogP contribution in [0, 0.1) is 0 Å². The maximum absolute atomic E-state index is 12.1. The molecule has 1 aliphatic rings. The van der Waals surface area contributed by atoms with Gasteiger partial charge in [-0.1, -0.05) is 6.07 Å². The monoisotopic (exact) mass is 462 g/mol. The van der Waals surface area contributed by atoms with Crippen LogP contribution in [-0.2, 0) is 16.1 Å². The Kier molecular flexibility index (Phi) is 5.84. The van der Waals surface area contributed by atoms with Crippen molar-refractivity contribution in [2.45, 2.75) is 31.1 Å². The van der Waals surface area contributed by atoms with Crippen LogP contribution in [0.15, 0.2) is 55.2 Å². The number of ether oxygens (including phenoxy) is 1. The van der Waals surface area contributed by atoms with Crippen molar-refractivity contribution >= 4 is 22.9 Å². The van der Waals surface area contributed by atoms with Gasteiger partial charge in [-0.3, -0.25) is 19.3 Å². The number of carbonyl (C=O) groups excluding carboxylic acids is 1. The molecule has 1 saturated heterocycles. The number of likely N-dealkylation sites (N-methyl/N-ethyl adjacent to an activating group) is 1. The predicted molar refractivity (Wildman–Crippen MR) is 120 cm³/mol. The lowest BCUT2D eigenvalue weighted by Gasteiger charge is -2.17. The number of hydrogen-bond acceptors (Lipinski definition) is 10. The van der Waals surface area contributed by atoms with Gasteiger partial charge >= 0.3 is 0 Å². The molecule has 0 saturated carbocycles. The van der Waals surface area contributed by atoms with Crippen molar-refractivity contribution in [1.82, 2.24) is 34.8 Å². The van der Waals surface area contributed by atoms with Crippen molar-refractivity contribution in [3.05, 3.63) is 60.9 Å². The molecule has 34 heavy (non-hydrogen) atoms. The van der Waals surface area contributed by atoms with Crippen LogP contribution < -0.4 is 10.6 Å². The molecule has 4 aromatic rings. The Balaban J connectivity index is 1.57. The Hall–Kier alpha value is -4.00. The Bertz CT molecular complexity index is 1300. The minimum absolute atomic E-state index is 0.353. The molecule has 3 unspecified atom stereocenters. The standard InChI is InChI=1S/C22H22N8O4/c1-23-21(33)17-15(31)16(32)22(34-17)30-11-27-14-19(26-10-13-6-2-3-8-25-13)28-18(29-20(14)30)12-5-4-7-24-9-12/h2-9,11,15-17,22,31-32H,10H2,1H3,(H,23,33)(H,26,28,29)/t15?,16?,17-,22?/m0/s1. The second-order valence-corrected chi connectivity index (χ2v) is 7.68. The van der Waals surface area contributed by atoms with E-state index in [9.17, 15) is 15.0 Å². The third kappa shape index (κ3) is 3.94. The van der Waals surface area contributed by atoms with Gasteiger partial charge in [0.2, 0.25) is 0 Å². The first-order valence-electron chi connectivity index (χ1n) is 10.6. The highest BCUT2D eigenvalue weighted by Gasteiger charge is 2.47. The summed E-state index contributed by atoms with van der Waals surface area (Å²) < 4.78 is 7.20. The summed E-state index contributed by atoms with van der Waals surface area (Å²) in [7, 11) is 1.43. The summed E-state index contributed by atoms with van der Waals surface area (Å²) in [4.78, 5) is 34.2. The van der Waals surface area contributed by atoms with Gasteiger partial charge in [0.1, 0.15) is 12.2 Å². The molecule has 12 nitrogen and oxygen atoms in total. The number of rotatable bonds is 6. The van der Waals surface area contributed by atoms with Crippen LogP contribution in [0.1, 0.15) is 11.9 Å². The quantitative estimate of drug-likeness (QED) is 0.313. The van der Waals surface area contributed by atoms with E-state index in [2.05, 4.69) is 35.6 Å². The van der Waals surface area contributed by atoms with Crippen molar-refractivity contribution in [2.24, 2.45) is 0 Å². The van der Waals surface area contributed by atoms with Gasteiger partial charge < -0.3 is 25.6 Å². The normalized spacial score (nSPS) is 22.1. The summed E-state index contributed by atoms with van der Waals surface area (Å²) in [5, 5.41) is 26.7. The summed E-state index contributed by atoms with van der Waals surface area (Å²) in [6.07, 6.45) is 1.32. The number of amides is 1. The van der Waals surface area contributed by atoms with Gasteiger partial charge in [-0.25, -0.2) is 15.0 Å². The SMILES string of the molecule is CNC(=O)[C@H]1OC(n2cnc3c(NCc4ccccn4)nc(-c4cccnc4)nc32)C(O)C1O. The molecule has 0 bridgehead atoms. The molecule has 4 atom stereocenters. The van der Waals surface area contributed by atoms with E-state index in [4.69, 9.17) is 4.74 Å². The van der Waals surface area contributed by atoms with E-state index in [0.717, 1.165) is 5.69 Å². The van der Waals surface area contributed by atoms with E-state index in [0.29, 0.717) is 34.9 Å². The maximum Gasteiger partial charge on any atom is 0.251 e. The van der Waals surface area contributed by atoms with Gasteiger partial charge in [0.05, 0.1) is 18.6 Å². The van der Waals surface area contributed by atoms with Crippen molar-refractivity contribution in [1.29, 1.82) is 0 Å². The zero-order valence-corrected chi connectivity index (χ0v) is 18.1. The minimum Gasteiger partial charge on any atom is -0.387 e. The highest BCUT2D eigenvalue weighted by Crippen LogP contribution is 2.33. The van der Waals surface area contributed by atoms with E-state index in [1.54, 1.807) is 24.7 Å². The molecule has 0 spiro atoms. The lowest BCUT2D eigenvalue weighted by Crippen LogP contribution is -2.41. The van der Waals surface area contributed by atoms with Gasteiger partial charge in [0.15, 0.2) is 35.1 Å². The van der Waals surface area contributed by atoms with Crippen LogP contribution >= 0.6 is 0 Å². The fourth-order valence-electron chi connectivity index (χ4n) is 3.78. The molecule has 174 valence electrons. The molecular weight excluding hydrogens is 440 g/mol. The highest BCUT2D eigenvalue weighted by atomic mass is 16.6. The number of carbonyl (C=O) groups is 1. The third-order valence-electron chi connectivity index (χ3n) is 5.52. The second kappa shape index (κ2) is 9.09. The number of pyridine rings is 2. The Morgan fingerprint density at radius 2 is 2.00 bits per heavy atom. The van der Waals surface area contributed by atoms with Crippen LogP contribution in [0.4, 0.5) is 5.82 Å². The molecule has 1 fully saturated rings. The molecule has 0 aromatic carbocycles. The number of aliphatic hydroxyl groups excluding tert-OH is 2. The van der Waals surface area contributed by atoms with Crippen molar-refractivity contribution in [3.8, 4) is 11.4 Å². The van der Waals surface area contributed by atoms with Gasteiger partial charge in [0, 0.05) is 31.2 Å². The van der Waals surface area contributed by atoms with Gasteiger partial charge in [-0.15, -0.1) is 0 Å². The van der Waals surface area contributed by atoms with Crippen molar-refractivity contribution < 1.29 is 19.7 Å². The number of imidazole rings is 1. The van der Waals surface area contributed by atoms with Crippen LogP contribution in [0.3, 0.4) is 0 Å². The summed E-state index contributed by atoms with van der Waals surface area (Å²) in [6.45, 7) is 0.395. The zero-order chi connectivity index (χ0) is 23.7. The minimum atomic E-state index is -1.41. The smallest absolute Gasteiger partial charge is 0.251 e. The number of nitrogens with one attached hydrogen (secondary N) is 2. The summed E-state index contributed by atoms with van der Waals surface area (Å²) in [6, 6.07) is 9.21. The van der Waals surface area contributed by atoms with Crippen LogP contribution in [0.5, 0.6) is 0 Å². The molecule has 0 radical (unpaired) electrons. The molecule has 1 aliphatic heterocycles. The Labute approximate surface area is 193 Å². The topological polar surface area (TPSA) is 160 Å². The van der Waals surface area contributed by atoms with E-state index in [-0.39, 0.29) is 0 Å². The first-order chi connectivity index (χ1) is 16.6. The Morgan fingerprint density at radius 1 is 1.12 bits per heavy atom. The summed E-state index contributed by atoms with van der Waals surface area (Å²) in [5.74, 6) is 0.285. The molecule has 4 aromatic heterocycles. The molecule has 12 heteroatoms. The average Bonchev–Trinajstić information content (AvgIpc) is 3.44. The fraction of sp³-hybridized carbons (Fsp3) is 0.273. The zero-order valence-electron chi connectivity index (χ0n) is 18.1. The number of aromatic nitrogens is 6. The lowest BCUT2D eigenvalue weighted by molar-refractivity contribution is -0.137. The number of hydrogen-bond donors (Lipinski definition) is 4. The number of aliphatic hydroxyl groups is 2. The van der Waals surface area contributed by atoms with Gasteiger partial charge in [-0.2, -0.15) is 0 Å². The highest BCUT2D eigenvalue weighted by molar-refractivity contribution is 5.85. The number of fused-ring (bicyclic) bond motifs is 1. The summed E-state index contributed by atoms with van der Waals surface area (Å²) >= 11 is 0. The third-order valence-corrected chi connectivity index (χ3v) is 5.52. The average molecular weight is 462 g/mol. The van der Waals surface area contributed by atoms with E-state index >= 15 is 0 Å².